The van der Waals surface area contributed by atoms with Gasteiger partial charge in [-0.3, -0.25) is 19.7 Å². The standard InChI is InChI=1S/C24H32N4O5/c1-5-19(2)27(23(29)13-10-20-8-11-21(12-9-20)28(31)32)18-24(30)26(15-16-33-4)17-22-7-6-14-25(22)3/h6-14,19H,5,15-18H2,1-4H3. The predicted octanol–water partition coefficient (Wildman–Crippen LogP) is 3.25. The summed E-state index contributed by atoms with van der Waals surface area (Å²) in [6, 6.07) is 9.67. The third kappa shape index (κ3) is 7.57. The lowest BCUT2D eigenvalue weighted by Gasteiger charge is -2.30. The van der Waals surface area contributed by atoms with E-state index in [4.69, 9.17) is 4.74 Å². The molecule has 0 fully saturated rings. The van der Waals surface area contributed by atoms with Crippen molar-refractivity contribution >= 4 is 23.6 Å². The molecule has 2 rings (SSSR count). The molecule has 1 atom stereocenters. The number of nitrogens with zero attached hydrogens (tertiary/aromatic N) is 4. The second-order valence-corrected chi connectivity index (χ2v) is 7.82. The highest BCUT2D eigenvalue weighted by Gasteiger charge is 2.24. The van der Waals surface area contributed by atoms with Crippen LogP contribution in [0.3, 0.4) is 0 Å². The van der Waals surface area contributed by atoms with Gasteiger partial charge in [-0.1, -0.05) is 6.92 Å². The van der Waals surface area contributed by atoms with Crippen molar-refractivity contribution in [2.24, 2.45) is 7.05 Å². The van der Waals surface area contributed by atoms with Gasteiger partial charge in [-0.2, -0.15) is 0 Å². The normalized spacial score (nSPS) is 12.0. The molecule has 0 spiro atoms. The first-order valence-corrected chi connectivity index (χ1v) is 10.9. The first-order chi connectivity index (χ1) is 15.8. The van der Waals surface area contributed by atoms with Gasteiger partial charge in [0.1, 0.15) is 6.54 Å². The molecule has 2 aromatic rings. The number of nitro groups is 1. The molecule has 0 radical (unpaired) electrons. The molecule has 0 aliphatic carbocycles. The average Bonchev–Trinajstić information content (AvgIpc) is 3.22. The second-order valence-electron chi connectivity index (χ2n) is 7.82. The number of benzene rings is 1. The molecule has 0 aliphatic heterocycles. The summed E-state index contributed by atoms with van der Waals surface area (Å²) in [5.41, 5.74) is 1.63. The molecule has 1 aromatic heterocycles. The summed E-state index contributed by atoms with van der Waals surface area (Å²) in [4.78, 5) is 39.7. The van der Waals surface area contributed by atoms with Gasteiger partial charge in [-0.15, -0.1) is 0 Å². The molecular formula is C24H32N4O5. The summed E-state index contributed by atoms with van der Waals surface area (Å²) in [6.07, 6.45) is 5.61. The summed E-state index contributed by atoms with van der Waals surface area (Å²) in [6.45, 7) is 5.05. The van der Waals surface area contributed by atoms with Crippen molar-refractivity contribution in [3.63, 3.8) is 0 Å². The lowest BCUT2D eigenvalue weighted by Crippen LogP contribution is -2.46. The number of nitro benzene ring substituents is 1. The zero-order valence-electron chi connectivity index (χ0n) is 19.6. The Morgan fingerprint density at radius 2 is 1.94 bits per heavy atom. The fourth-order valence-electron chi connectivity index (χ4n) is 3.24. The van der Waals surface area contributed by atoms with Crippen molar-refractivity contribution in [2.45, 2.75) is 32.9 Å². The van der Waals surface area contributed by atoms with Gasteiger partial charge in [-0.25, -0.2) is 0 Å². The molecule has 0 aliphatic rings. The Hall–Kier alpha value is -3.46. The van der Waals surface area contributed by atoms with Crippen LogP contribution < -0.4 is 0 Å². The molecule has 33 heavy (non-hydrogen) atoms. The largest absolute Gasteiger partial charge is 0.383 e. The van der Waals surface area contributed by atoms with Gasteiger partial charge in [0.05, 0.1) is 18.1 Å². The lowest BCUT2D eigenvalue weighted by molar-refractivity contribution is -0.384. The number of rotatable bonds is 12. The zero-order chi connectivity index (χ0) is 24.4. The third-order valence-corrected chi connectivity index (χ3v) is 5.56. The number of methoxy groups -OCH3 is 1. The van der Waals surface area contributed by atoms with E-state index in [9.17, 15) is 19.7 Å². The summed E-state index contributed by atoms with van der Waals surface area (Å²) in [5.74, 6) is -0.452. The van der Waals surface area contributed by atoms with E-state index in [0.29, 0.717) is 31.7 Å². The fraction of sp³-hybridized carbons (Fsp3) is 0.417. The van der Waals surface area contributed by atoms with Crippen molar-refractivity contribution in [3.8, 4) is 0 Å². The van der Waals surface area contributed by atoms with Gasteiger partial charge in [-0.05, 0) is 49.2 Å². The predicted molar refractivity (Wildman–Crippen MR) is 126 cm³/mol. The van der Waals surface area contributed by atoms with Crippen molar-refractivity contribution in [1.29, 1.82) is 0 Å². The van der Waals surface area contributed by atoms with Gasteiger partial charge in [0, 0.05) is 56.8 Å². The highest BCUT2D eigenvalue weighted by molar-refractivity contribution is 5.94. The van der Waals surface area contributed by atoms with Crippen LogP contribution in [-0.2, 0) is 27.9 Å². The number of amides is 2. The van der Waals surface area contributed by atoms with E-state index in [-0.39, 0.29) is 30.1 Å². The molecule has 0 saturated carbocycles. The number of hydrogen-bond acceptors (Lipinski definition) is 5. The zero-order valence-corrected chi connectivity index (χ0v) is 19.6. The number of carbonyl (C=O) groups is 2. The maximum absolute atomic E-state index is 13.2. The molecule has 9 heteroatoms. The van der Waals surface area contributed by atoms with Crippen molar-refractivity contribution in [1.82, 2.24) is 14.4 Å². The molecule has 178 valence electrons. The molecule has 1 aromatic carbocycles. The van der Waals surface area contributed by atoms with E-state index in [1.807, 2.05) is 43.8 Å². The SMILES string of the molecule is CCC(C)N(CC(=O)N(CCOC)Cc1cccn1C)C(=O)C=Cc1ccc([N+](=O)[O-])cc1. The average molecular weight is 457 g/mol. The molecule has 0 N–H and O–H groups in total. The first-order valence-electron chi connectivity index (χ1n) is 10.9. The smallest absolute Gasteiger partial charge is 0.269 e. The molecule has 0 bridgehead atoms. The van der Waals surface area contributed by atoms with Crippen LogP contribution in [0.15, 0.2) is 48.7 Å². The molecule has 1 unspecified atom stereocenters. The second kappa shape index (κ2) is 12.5. The van der Waals surface area contributed by atoms with E-state index < -0.39 is 4.92 Å². The molecule has 0 saturated heterocycles. The van der Waals surface area contributed by atoms with Crippen molar-refractivity contribution < 1.29 is 19.2 Å². The minimum Gasteiger partial charge on any atom is -0.383 e. The molecular weight excluding hydrogens is 424 g/mol. The number of aromatic nitrogens is 1. The van der Waals surface area contributed by atoms with Gasteiger partial charge in [0.25, 0.3) is 5.69 Å². The number of aryl methyl sites for hydroxylation is 1. The molecule has 1 heterocycles. The maximum Gasteiger partial charge on any atom is 0.269 e. The first kappa shape index (κ1) is 25.8. The monoisotopic (exact) mass is 456 g/mol. The Balaban J connectivity index is 2.14. The quantitative estimate of drug-likeness (QED) is 0.277. The van der Waals surface area contributed by atoms with E-state index in [2.05, 4.69) is 0 Å². The number of ether oxygens (including phenoxy) is 1. The highest BCUT2D eigenvalue weighted by atomic mass is 16.6. The minimum atomic E-state index is -0.473. The van der Waals surface area contributed by atoms with Gasteiger partial charge >= 0.3 is 0 Å². The van der Waals surface area contributed by atoms with E-state index in [0.717, 1.165) is 5.69 Å². The van der Waals surface area contributed by atoms with Crippen molar-refractivity contribution in [2.75, 3.05) is 26.8 Å². The van der Waals surface area contributed by atoms with Crippen LogP contribution in [0.1, 0.15) is 31.5 Å². The van der Waals surface area contributed by atoms with Gasteiger partial charge in [0.15, 0.2) is 0 Å². The number of carbonyl (C=O) groups excluding carboxylic acids is 2. The van der Waals surface area contributed by atoms with Crippen LogP contribution in [-0.4, -0.2) is 64.0 Å². The molecule has 9 nitrogen and oxygen atoms in total. The molecule has 2 amide bonds. The van der Waals surface area contributed by atoms with E-state index >= 15 is 0 Å². The number of non-ortho nitro benzene ring substituents is 1. The van der Waals surface area contributed by atoms with Crippen LogP contribution >= 0.6 is 0 Å². The Morgan fingerprint density at radius 1 is 1.24 bits per heavy atom. The highest BCUT2D eigenvalue weighted by Crippen LogP contribution is 2.14. The third-order valence-electron chi connectivity index (χ3n) is 5.56. The van der Waals surface area contributed by atoms with Gasteiger partial charge < -0.3 is 19.1 Å². The maximum atomic E-state index is 13.2. The summed E-state index contributed by atoms with van der Waals surface area (Å²) in [7, 11) is 3.51. The Labute approximate surface area is 194 Å². The van der Waals surface area contributed by atoms with Crippen molar-refractivity contribution in [3.05, 3.63) is 70.0 Å². The lowest BCUT2D eigenvalue weighted by atomic mass is 10.1. The number of hydrogen-bond donors (Lipinski definition) is 0. The Bertz CT molecular complexity index is 967. The van der Waals surface area contributed by atoms with Crippen LogP contribution in [0.5, 0.6) is 0 Å². The van der Waals surface area contributed by atoms with Crippen LogP contribution in [0.25, 0.3) is 6.08 Å². The topological polar surface area (TPSA) is 97.9 Å². The van der Waals surface area contributed by atoms with Gasteiger partial charge in [0.2, 0.25) is 11.8 Å². The Morgan fingerprint density at radius 3 is 2.48 bits per heavy atom. The van der Waals surface area contributed by atoms with Crippen LogP contribution in [0, 0.1) is 10.1 Å². The van der Waals surface area contributed by atoms with E-state index in [1.54, 1.807) is 35.1 Å². The van der Waals surface area contributed by atoms with E-state index in [1.165, 1.54) is 18.2 Å². The fourth-order valence-corrected chi connectivity index (χ4v) is 3.24. The summed E-state index contributed by atoms with van der Waals surface area (Å²) >= 11 is 0. The summed E-state index contributed by atoms with van der Waals surface area (Å²) in [5, 5.41) is 10.8. The summed E-state index contributed by atoms with van der Waals surface area (Å²) < 4.78 is 7.13. The Kier molecular flexibility index (Phi) is 9.81. The minimum absolute atomic E-state index is 0.0142. The van der Waals surface area contributed by atoms with Crippen LogP contribution in [0.4, 0.5) is 5.69 Å². The van der Waals surface area contributed by atoms with Crippen LogP contribution in [0.2, 0.25) is 0 Å².